The van der Waals surface area contributed by atoms with Crippen molar-refractivity contribution < 1.29 is 9.53 Å². The molecule has 7 nitrogen and oxygen atoms in total. The lowest BCUT2D eigenvalue weighted by Gasteiger charge is -2.39. The first-order valence-corrected chi connectivity index (χ1v) is 12.6. The van der Waals surface area contributed by atoms with Crippen LogP contribution in [0.2, 0.25) is 0 Å². The average molecular weight is 466 g/mol. The molecule has 0 radical (unpaired) electrons. The number of Topliss-reactive ketones (excluding diaryl/α,β-unsaturated/α-hetero) is 1. The Morgan fingerprint density at radius 3 is 2.82 bits per heavy atom. The molecule has 2 aliphatic rings. The van der Waals surface area contributed by atoms with Gasteiger partial charge in [-0.15, -0.1) is 11.3 Å². The molecule has 0 saturated carbocycles. The number of hydrogen-bond acceptors (Lipinski definition) is 7. The predicted molar refractivity (Wildman–Crippen MR) is 130 cm³/mol. The zero-order valence-electron chi connectivity index (χ0n) is 19.7. The average Bonchev–Trinajstić information content (AvgIpc) is 3.34. The first kappa shape index (κ1) is 22.2. The molecule has 8 heteroatoms. The molecule has 2 aromatic heterocycles. The summed E-state index contributed by atoms with van der Waals surface area (Å²) in [5, 5.41) is 5.27. The van der Waals surface area contributed by atoms with Crippen LogP contribution in [0, 0.1) is 5.92 Å². The van der Waals surface area contributed by atoms with Crippen LogP contribution in [0.3, 0.4) is 0 Å². The van der Waals surface area contributed by atoms with Crippen molar-refractivity contribution in [1.29, 1.82) is 0 Å². The largest absolute Gasteiger partial charge is 0.492 e. The molecule has 1 aromatic carbocycles. The summed E-state index contributed by atoms with van der Waals surface area (Å²) in [5.74, 6) is 2.94. The van der Waals surface area contributed by atoms with E-state index in [2.05, 4.69) is 60.9 Å². The Bertz CT molecular complexity index is 1160. The fourth-order valence-electron chi connectivity index (χ4n) is 4.65. The highest BCUT2D eigenvalue weighted by molar-refractivity contribution is 7.15. The minimum Gasteiger partial charge on any atom is -0.492 e. The van der Waals surface area contributed by atoms with E-state index in [-0.39, 0.29) is 6.04 Å². The van der Waals surface area contributed by atoms with Gasteiger partial charge in [0.1, 0.15) is 17.9 Å². The van der Waals surface area contributed by atoms with Gasteiger partial charge in [0.05, 0.1) is 18.8 Å². The first-order valence-electron chi connectivity index (χ1n) is 11.8. The predicted octanol–water partition coefficient (Wildman–Crippen LogP) is 4.60. The molecule has 0 atom stereocenters. The molecule has 0 aliphatic carbocycles. The SMILES string of the molecule is CC(C)CC(=O)CN1CC(c2ccc3c(c2)OCCc2sc(-c4ncnn4C(C)C)nc2-3)C1. The molecule has 33 heavy (non-hydrogen) atoms. The monoisotopic (exact) mass is 465 g/mol. The highest BCUT2D eigenvalue weighted by Gasteiger charge is 2.31. The number of ether oxygens (including phenoxy) is 1. The van der Waals surface area contributed by atoms with E-state index in [0.29, 0.717) is 37.2 Å². The minimum absolute atomic E-state index is 0.229. The Labute approximate surface area is 198 Å². The minimum atomic E-state index is 0.229. The fourth-order valence-corrected chi connectivity index (χ4v) is 5.69. The van der Waals surface area contributed by atoms with Crippen LogP contribution < -0.4 is 4.74 Å². The summed E-state index contributed by atoms with van der Waals surface area (Å²) in [6.07, 6.45) is 3.10. The van der Waals surface area contributed by atoms with Gasteiger partial charge in [-0.1, -0.05) is 19.9 Å². The standard InChI is InChI=1S/C25H31N5O2S/c1-15(2)9-19(31)13-29-11-18(12-29)17-5-6-20-21(10-17)32-8-7-22-23(20)28-25(33-22)24-26-14-27-30(24)16(3)4/h5-6,10,14-16,18H,7-9,11-13H2,1-4H3. The number of nitrogens with zero attached hydrogens (tertiary/aromatic N) is 5. The van der Waals surface area contributed by atoms with Crippen LogP contribution in [-0.2, 0) is 11.2 Å². The van der Waals surface area contributed by atoms with E-state index in [0.717, 1.165) is 47.3 Å². The van der Waals surface area contributed by atoms with Crippen molar-refractivity contribution in [2.24, 2.45) is 5.92 Å². The van der Waals surface area contributed by atoms with E-state index in [1.165, 1.54) is 10.4 Å². The molecular formula is C25H31N5O2S. The van der Waals surface area contributed by atoms with Crippen LogP contribution >= 0.6 is 11.3 Å². The van der Waals surface area contributed by atoms with Crippen LogP contribution in [0.25, 0.3) is 22.1 Å². The number of fused-ring (bicyclic) bond motifs is 3. The quantitative estimate of drug-likeness (QED) is 0.508. The van der Waals surface area contributed by atoms with E-state index in [9.17, 15) is 4.79 Å². The van der Waals surface area contributed by atoms with Crippen molar-refractivity contribution in [1.82, 2.24) is 24.6 Å². The molecule has 4 heterocycles. The lowest BCUT2D eigenvalue weighted by molar-refractivity contribution is -0.121. The highest BCUT2D eigenvalue weighted by atomic mass is 32.1. The van der Waals surface area contributed by atoms with E-state index in [1.54, 1.807) is 17.7 Å². The molecular weight excluding hydrogens is 434 g/mol. The molecule has 0 unspecified atom stereocenters. The van der Waals surface area contributed by atoms with Gasteiger partial charge in [-0.05, 0) is 37.5 Å². The van der Waals surface area contributed by atoms with Crippen LogP contribution in [0.1, 0.15) is 56.5 Å². The number of carbonyl (C=O) groups is 1. The lowest BCUT2D eigenvalue weighted by atomic mass is 9.89. The zero-order valence-corrected chi connectivity index (χ0v) is 20.6. The van der Waals surface area contributed by atoms with Gasteiger partial charge >= 0.3 is 0 Å². The molecule has 0 amide bonds. The van der Waals surface area contributed by atoms with Crippen LogP contribution in [0.4, 0.5) is 0 Å². The number of carbonyl (C=O) groups excluding carboxylic acids is 1. The zero-order chi connectivity index (χ0) is 23.1. The number of aromatic nitrogens is 4. The van der Waals surface area contributed by atoms with E-state index in [4.69, 9.17) is 9.72 Å². The van der Waals surface area contributed by atoms with Gasteiger partial charge in [-0.2, -0.15) is 5.10 Å². The maximum atomic E-state index is 12.1. The maximum Gasteiger partial charge on any atom is 0.187 e. The van der Waals surface area contributed by atoms with E-state index in [1.807, 2.05) is 4.68 Å². The summed E-state index contributed by atoms with van der Waals surface area (Å²) in [7, 11) is 0. The Hall–Kier alpha value is -2.58. The highest BCUT2D eigenvalue weighted by Crippen LogP contribution is 2.42. The van der Waals surface area contributed by atoms with Gasteiger partial charge < -0.3 is 4.74 Å². The number of hydrogen-bond donors (Lipinski definition) is 0. The van der Waals surface area contributed by atoms with E-state index < -0.39 is 0 Å². The molecule has 0 N–H and O–H groups in total. The number of likely N-dealkylation sites (tertiary alicyclic amines) is 1. The van der Waals surface area contributed by atoms with Crippen molar-refractivity contribution in [3.63, 3.8) is 0 Å². The first-order chi connectivity index (χ1) is 15.9. The van der Waals surface area contributed by atoms with Gasteiger partial charge in [0.25, 0.3) is 0 Å². The molecule has 5 rings (SSSR count). The third-order valence-electron chi connectivity index (χ3n) is 6.26. The third kappa shape index (κ3) is 4.46. The van der Waals surface area contributed by atoms with Gasteiger partial charge in [0.15, 0.2) is 10.8 Å². The summed E-state index contributed by atoms with van der Waals surface area (Å²) in [4.78, 5) is 25.0. The van der Waals surface area contributed by atoms with Gasteiger partial charge in [-0.3, -0.25) is 9.69 Å². The van der Waals surface area contributed by atoms with Crippen molar-refractivity contribution in [2.45, 2.75) is 52.5 Å². The number of benzene rings is 1. The number of rotatable bonds is 7. The second-order valence-electron chi connectivity index (χ2n) is 9.79. The van der Waals surface area contributed by atoms with Crippen molar-refractivity contribution in [3.05, 3.63) is 35.0 Å². The lowest BCUT2D eigenvalue weighted by Crippen LogP contribution is -2.47. The van der Waals surface area contributed by atoms with Crippen molar-refractivity contribution in [2.75, 3.05) is 26.2 Å². The van der Waals surface area contributed by atoms with Gasteiger partial charge in [0.2, 0.25) is 0 Å². The van der Waals surface area contributed by atoms with Crippen LogP contribution in [-0.4, -0.2) is 56.7 Å². The summed E-state index contributed by atoms with van der Waals surface area (Å²) >= 11 is 1.68. The van der Waals surface area contributed by atoms with Crippen LogP contribution in [0.15, 0.2) is 24.5 Å². The summed E-state index contributed by atoms with van der Waals surface area (Å²) < 4.78 is 8.07. The molecule has 3 aromatic rings. The Kier molecular flexibility index (Phi) is 6.05. The second kappa shape index (κ2) is 8.99. The third-order valence-corrected chi connectivity index (χ3v) is 7.37. The van der Waals surface area contributed by atoms with Crippen molar-refractivity contribution in [3.8, 4) is 27.8 Å². The smallest absolute Gasteiger partial charge is 0.187 e. The summed E-state index contributed by atoms with van der Waals surface area (Å²) in [6, 6.07) is 6.76. The molecule has 0 bridgehead atoms. The number of thiazole rings is 1. The van der Waals surface area contributed by atoms with E-state index >= 15 is 0 Å². The summed E-state index contributed by atoms with van der Waals surface area (Å²) in [6.45, 7) is 11.5. The Balaban J connectivity index is 1.34. The molecule has 1 fully saturated rings. The Morgan fingerprint density at radius 1 is 1.24 bits per heavy atom. The Morgan fingerprint density at radius 2 is 2.06 bits per heavy atom. The molecule has 174 valence electrons. The second-order valence-corrected chi connectivity index (χ2v) is 10.9. The molecule has 2 aliphatic heterocycles. The summed E-state index contributed by atoms with van der Waals surface area (Å²) in [5.41, 5.74) is 3.33. The number of ketones is 1. The molecule has 0 spiro atoms. The topological polar surface area (TPSA) is 73.1 Å². The van der Waals surface area contributed by atoms with Gasteiger partial charge in [-0.25, -0.2) is 14.6 Å². The normalized spacial score (nSPS) is 16.3. The molecule has 1 saturated heterocycles. The van der Waals surface area contributed by atoms with Gasteiger partial charge in [0, 0.05) is 48.3 Å². The van der Waals surface area contributed by atoms with Crippen molar-refractivity contribution >= 4 is 17.1 Å². The fraction of sp³-hybridized carbons (Fsp3) is 0.520. The van der Waals surface area contributed by atoms with Crippen LogP contribution in [0.5, 0.6) is 5.75 Å². The maximum absolute atomic E-state index is 12.1.